The number of nitrogens with zero attached hydrogens (tertiary/aromatic N) is 2. The Kier molecular flexibility index (Phi) is 9.74. The molecule has 3 aromatic carbocycles. The normalized spacial score (nSPS) is 11.1. The molecular formula is C32H35N3O3. The van der Waals surface area contributed by atoms with Crippen LogP contribution in [0.5, 0.6) is 11.5 Å². The van der Waals surface area contributed by atoms with Crippen LogP contribution >= 0.6 is 0 Å². The zero-order valence-electron chi connectivity index (χ0n) is 21.9. The molecule has 0 radical (unpaired) electrons. The summed E-state index contributed by atoms with van der Waals surface area (Å²) in [6.45, 7) is 5.74. The first-order valence-corrected chi connectivity index (χ1v) is 13.0. The third-order valence-corrected chi connectivity index (χ3v) is 6.25. The Morgan fingerprint density at radius 2 is 1.84 bits per heavy atom. The number of rotatable bonds is 14. The van der Waals surface area contributed by atoms with Crippen molar-refractivity contribution < 1.29 is 14.3 Å². The monoisotopic (exact) mass is 509 g/mol. The first kappa shape index (κ1) is 26.7. The molecule has 0 spiro atoms. The van der Waals surface area contributed by atoms with Gasteiger partial charge in [-0.05, 0) is 60.7 Å². The Balaban J connectivity index is 1.30. The quantitative estimate of drug-likeness (QED) is 0.129. The van der Waals surface area contributed by atoms with Crippen LogP contribution in [0.1, 0.15) is 29.8 Å². The zero-order valence-corrected chi connectivity index (χ0v) is 21.9. The summed E-state index contributed by atoms with van der Waals surface area (Å²) in [6, 6.07) is 23.9. The van der Waals surface area contributed by atoms with E-state index in [1.165, 1.54) is 0 Å². The average Bonchev–Trinajstić information content (AvgIpc) is 3.30. The van der Waals surface area contributed by atoms with Gasteiger partial charge in [0.05, 0.1) is 24.8 Å². The number of carbonyl (C=O) groups excluding carboxylic acids is 1. The number of para-hydroxylation sites is 2. The predicted octanol–water partition coefficient (Wildman–Crippen LogP) is 6.00. The molecule has 0 unspecified atom stereocenters. The van der Waals surface area contributed by atoms with Crippen LogP contribution in [0.3, 0.4) is 0 Å². The number of allylic oxidation sites excluding steroid dienone is 1. The minimum atomic E-state index is -0.110. The van der Waals surface area contributed by atoms with Gasteiger partial charge < -0.3 is 19.4 Å². The number of hydrogen-bond acceptors (Lipinski definition) is 4. The number of benzene rings is 3. The fourth-order valence-electron chi connectivity index (χ4n) is 4.34. The van der Waals surface area contributed by atoms with Crippen molar-refractivity contribution >= 4 is 23.0 Å². The van der Waals surface area contributed by atoms with Crippen molar-refractivity contribution in [1.29, 1.82) is 0 Å². The summed E-state index contributed by atoms with van der Waals surface area (Å²) in [5.74, 6) is 2.36. The number of ether oxygens (including phenoxy) is 2. The number of nitrogens with one attached hydrogen (secondary N) is 1. The summed E-state index contributed by atoms with van der Waals surface area (Å²) >= 11 is 0. The van der Waals surface area contributed by atoms with Crippen LogP contribution in [-0.2, 0) is 24.2 Å². The molecule has 1 N–H and O–H groups in total. The minimum Gasteiger partial charge on any atom is -0.493 e. The molecule has 0 fully saturated rings. The van der Waals surface area contributed by atoms with Gasteiger partial charge in [-0.1, -0.05) is 54.6 Å². The van der Waals surface area contributed by atoms with E-state index in [4.69, 9.17) is 14.5 Å². The Morgan fingerprint density at radius 3 is 2.66 bits per heavy atom. The molecule has 1 heterocycles. The summed E-state index contributed by atoms with van der Waals surface area (Å²) in [4.78, 5) is 17.1. The van der Waals surface area contributed by atoms with Crippen LogP contribution in [0.15, 0.2) is 91.5 Å². The van der Waals surface area contributed by atoms with Gasteiger partial charge in [0, 0.05) is 25.6 Å². The van der Waals surface area contributed by atoms with Gasteiger partial charge in [-0.25, -0.2) is 4.98 Å². The molecule has 1 amide bonds. The highest BCUT2D eigenvalue weighted by Gasteiger charge is 2.11. The third kappa shape index (κ3) is 7.35. The average molecular weight is 510 g/mol. The maximum atomic E-state index is 12.3. The summed E-state index contributed by atoms with van der Waals surface area (Å²) in [5.41, 5.74) is 4.22. The molecule has 4 rings (SSSR count). The van der Waals surface area contributed by atoms with Crippen molar-refractivity contribution in [2.75, 3.05) is 20.3 Å². The Bertz CT molecular complexity index is 1380. The lowest BCUT2D eigenvalue weighted by Crippen LogP contribution is -2.24. The molecule has 38 heavy (non-hydrogen) atoms. The first-order valence-electron chi connectivity index (χ1n) is 13.0. The van der Waals surface area contributed by atoms with Crippen molar-refractivity contribution in [3.05, 3.63) is 108 Å². The second-order valence-electron chi connectivity index (χ2n) is 8.99. The van der Waals surface area contributed by atoms with E-state index in [0.717, 1.165) is 65.3 Å². The second-order valence-corrected chi connectivity index (χ2v) is 8.99. The van der Waals surface area contributed by atoms with E-state index >= 15 is 0 Å². The molecule has 0 saturated carbocycles. The lowest BCUT2D eigenvalue weighted by molar-refractivity contribution is -0.116. The lowest BCUT2D eigenvalue weighted by atomic mass is 10.1. The van der Waals surface area contributed by atoms with Gasteiger partial charge in [-0.2, -0.15) is 0 Å². The summed E-state index contributed by atoms with van der Waals surface area (Å²) in [6.07, 6.45) is 8.55. The molecule has 0 atom stereocenters. The summed E-state index contributed by atoms with van der Waals surface area (Å²) in [7, 11) is 1.66. The predicted molar refractivity (Wildman–Crippen MR) is 154 cm³/mol. The van der Waals surface area contributed by atoms with E-state index in [9.17, 15) is 4.79 Å². The number of imidazole rings is 1. The topological polar surface area (TPSA) is 65.4 Å². The number of fused-ring (bicyclic) bond motifs is 1. The standard InChI is InChI=1S/C32H35N3O3/c1-3-11-26-16-18-29(30(24-26)37-2)38-23-10-9-22-35-28-15-8-7-14-27(28)34-31(35)20-21-33-32(36)19-17-25-12-5-4-6-13-25/h3-8,12-19,24H,1,9-11,20-23H2,2H3,(H,33,36)/b19-17+. The largest absolute Gasteiger partial charge is 0.493 e. The van der Waals surface area contributed by atoms with Crippen LogP contribution < -0.4 is 14.8 Å². The van der Waals surface area contributed by atoms with Crippen LogP contribution in [-0.4, -0.2) is 35.7 Å². The van der Waals surface area contributed by atoms with Crippen molar-refractivity contribution in [2.45, 2.75) is 32.2 Å². The number of methoxy groups -OCH3 is 1. The molecule has 0 aliphatic rings. The summed E-state index contributed by atoms with van der Waals surface area (Å²) < 4.78 is 13.8. The molecule has 4 aromatic rings. The Morgan fingerprint density at radius 1 is 1.03 bits per heavy atom. The van der Waals surface area contributed by atoms with Gasteiger partial charge in [0.25, 0.3) is 0 Å². The fraction of sp³-hybridized carbons (Fsp3) is 0.250. The van der Waals surface area contributed by atoms with Crippen LogP contribution in [0.4, 0.5) is 0 Å². The van der Waals surface area contributed by atoms with Gasteiger partial charge in [0.15, 0.2) is 11.5 Å². The molecular weight excluding hydrogens is 474 g/mol. The van der Waals surface area contributed by atoms with Gasteiger partial charge >= 0.3 is 0 Å². The van der Waals surface area contributed by atoms with E-state index in [0.29, 0.717) is 19.6 Å². The molecule has 0 aliphatic heterocycles. The molecule has 0 bridgehead atoms. The van der Waals surface area contributed by atoms with Crippen molar-refractivity contribution in [1.82, 2.24) is 14.9 Å². The number of carbonyl (C=O) groups is 1. The van der Waals surface area contributed by atoms with Gasteiger partial charge in [0.2, 0.25) is 5.91 Å². The highest BCUT2D eigenvalue weighted by Crippen LogP contribution is 2.28. The maximum Gasteiger partial charge on any atom is 0.244 e. The summed E-state index contributed by atoms with van der Waals surface area (Å²) in [5, 5.41) is 2.97. The Labute approximate surface area is 224 Å². The first-order chi connectivity index (χ1) is 18.7. The number of aryl methyl sites for hydroxylation is 1. The van der Waals surface area contributed by atoms with Crippen LogP contribution in [0.2, 0.25) is 0 Å². The molecule has 6 nitrogen and oxygen atoms in total. The van der Waals surface area contributed by atoms with Gasteiger partial charge in [-0.3, -0.25) is 4.79 Å². The van der Waals surface area contributed by atoms with Crippen LogP contribution in [0, 0.1) is 0 Å². The highest BCUT2D eigenvalue weighted by atomic mass is 16.5. The number of aromatic nitrogens is 2. The van der Waals surface area contributed by atoms with E-state index in [2.05, 4.69) is 22.5 Å². The molecule has 0 aliphatic carbocycles. The maximum absolute atomic E-state index is 12.3. The van der Waals surface area contributed by atoms with Crippen molar-refractivity contribution in [2.24, 2.45) is 0 Å². The van der Waals surface area contributed by atoms with E-state index in [1.54, 1.807) is 13.2 Å². The molecule has 1 aromatic heterocycles. The number of unbranched alkanes of at least 4 members (excludes halogenated alkanes) is 1. The second kappa shape index (κ2) is 13.8. The van der Waals surface area contributed by atoms with Gasteiger partial charge in [-0.15, -0.1) is 6.58 Å². The molecule has 6 heteroatoms. The van der Waals surface area contributed by atoms with E-state index in [1.807, 2.05) is 78.9 Å². The van der Waals surface area contributed by atoms with E-state index in [-0.39, 0.29) is 5.91 Å². The van der Waals surface area contributed by atoms with Crippen molar-refractivity contribution in [3.63, 3.8) is 0 Å². The van der Waals surface area contributed by atoms with Crippen molar-refractivity contribution in [3.8, 4) is 11.5 Å². The van der Waals surface area contributed by atoms with Crippen LogP contribution in [0.25, 0.3) is 17.1 Å². The third-order valence-electron chi connectivity index (χ3n) is 6.25. The minimum absolute atomic E-state index is 0.110. The molecule has 0 saturated heterocycles. The molecule has 196 valence electrons. The zero-order chi connectivity index (χ0) is 26.6. The number of hydrogen-bond donors (Lipinski definition) is 1. The lowest BCUT2D eigenvalue weighted by Gasteiger charge is -2.13. The smallest absolute Gasteiger partial charge is 0.244 e. The number of amides is 1. The van der Waals surface area contributed by atoms with Gasteiger partial charge in [0.1, 0.15) is 5.82 Å². The Hall–Kier alpha value is -4.32. The SMILES string of the molecule is C=CCc1ccc(OCCCCn2c(CCNC(=O)/C=C/c3ccccc3)nc3ccccc32)c(OC)c1. The highest BCUT2D eigenvalue weighted by molar-refractivity contribution is 5.91. The van der Waals surface area contributed by atoms with E-state index < -0.39 is 0 Å². The fourth-order valence-corrected chi connectivity index (χ4v) is 4.34.